The Labute approximate surface area is 94.7 Å². The predicted molar refractivity (Wildman–Crippen MR) is 59.9 cm³/mol. The van der Waals surface area contributed by atoms with Gasteiger partial charge in [-0.05, 0) is 43.4 Å². The monoisotopic (exact) mass is 220 g/mol. The van der Waals surface area contributed by atoms with Gasteiger partial charge in [0.15, 0.2) is 0 Å². The molecule has 0 radical (unpaired) electrons. The molecule has 0 amide bonds. The van der Waals surface area contributed by atoms with Gasteiger partial charge < -0.3 is 5.11 Å². The van der Waals surface area contributed by atoms with Crippen LogP contribution < -0.4 is 5.32 Å². The fraction of sp³-hybridized carbons (Fsp3) is 0.500. The average molecular weight is 220 g/mol. The molecule has 2 rings (SSSR count). The smallest absolute Gasteiger partial charge is 0.320 e. The zero-order valence-corrected chi connectivity index (χ0v) is 9.26. The van der Waals surface area contributed by atoms with Crippen LogP contribution >= 0.6 is 0 Å². The minimum absolute atomic E-state index is 0.0460. The molecule has 0 aromatic carbocycles. The molecule has 1 aliphatic rings. The van der Waals surface area contributed by atoms with E-state index in [1.165, 1.54) is 0 Å². The summed E-state index contributed by atoms with van der Waals surface area (Å²) in [5.41, 5.74) is 1.07. The van der Waals surface area contributed by atoms with Crippen molar-refractivity contribution in [3.63, 3.8) is 0 Å². The van der Waals surface area contributed by atoms with Crippen LogP contribution in [0.25, 0.3) is 0 Å². The van der Waals surface area contributed by atoms with Gasteiger partial charge in [-0.25, -0.2) is 0 Å². The van der Waals surface area contributed by atoms with Gasteiger partial charge in [-0.2, -0.15) is 0 Å². The number of carboxylic acid groups (broad SMARTS) is 1. The standard InChI is InChI=1S/C12H16N2O2/c1-8(9-4-6-13-7-5-9)14-11(12(15)16)10-2-3-10/h4-8,10-11,14H,2-3H2,1H3,(H,15,16)/t8-,11?/m0/s1. The maximum Gasteiger partial charge on any atom is 0.320 e. The Hall–Kier alpha value is -1.42. The van der Waals surface area contributed by atoms with E-state index in [1.54, 1.807) is 12.4 Å². The first-order valence-electron chi connectivity index (χ1n) is 5.57. The van der Waals surface area contributed by atoms with Gasteiger partial charge in [0.05, 0.1) is 0 Å². The summed E-state index contributed by atoms with van der Waals surface area (Å²) in [6, 6.07) is 3.44. The third kappa shape index (κ3) is 2.58. The number of pyridine rings is 1. The zero-order valence-electron chi connectivity index (χ0n) is 9.26. The van der Waals surface area contributed by atoms with Gasteiger partial charge in [-0.3, -0.25) is 15.1 Å². The Balaban J connectivity index is 2.00. The molecule has 2 atom stereocenters. The summed E-state index contributed by atoms with van der Waals surface area (Å²) in [6.45, 7) is 1.98. The molecular formula is C12H16N2O2. The number of hydrogen-bond acceptors (Lipinski definition) is 3. The third-order valence-electron chi connectivity index (χ3n) is 3.00. The van der Waals surface area contributed by atoms with Crippen LogP contribution in [0.1, 0.15) is 31.4 Å². The van der Waals surface area contributed by atoms with Crippen LogP contribution in [0.4, 0.5) is 0 Å². The van der Waals surface area contributed by atoms with Crippen molar-refractivity contribution in [2.24, 2.45) is 5.92 Å². The minimum Gasteiger partial charge on any atom is -0.480 e. The second kappa shape index (κ2) is 4.61. The Morgan fingerprint density at radius 3 is 2.62 bits per heavy atom. The molecule has 1 unspecified atom stereocenters. The van der Waals surface area contributed by atoms with E-state index in [1.807, 2.05) is 19.1 Å². The van der Waals surface area contributed by atoms with E-state index in [-0.39, 0.29) is 6.04 Å². The van der Waals surface area contributed by atoms with Gasteiger partial charge in [0.1, 0.15) is 6.04 Å². The summed E-state index contributed by atoms with van der Waals surface area (Å²) in [4.78, 5) is 15.0. The zero-order chi connectivity index (χ0) is 11.5. The average Bonchev–Trinajstić information content (AvgIpc) is 3.10. The fourth-order valence-corrected chi connectivity index (χ4v) is 1.86. The van der Waals surface area contributed by atoms with Crippen LogP contribution in [-0.2, 0) is 4.79 Å². The number of rotatable bonds is 5. The van der Waals surface area contributed by atoms with E-state index < -0.39 is 12.0 Å². The molecule has 0 saturated heterocycles. The highest BCUT2D eigenvalue weighted by atomic mass is 16.4. The van der Waals surface area contributed by atoms with Crippen molar-refractivity contribution >= 4 is 5.97 Å². The van der Waals surface area contributed by atoms with Crippen molar-refractivity contribution in [2.75, 3.05) is 0 Å². The quantitative estimate of drug-likeness (QED) is 0.791. The van der Waals surface area contributed by atoms with E-state index in [0.29, 0.717) is 5.92 Å². The van der Waals surface area contributed by atoms with E-state index in [4.69, 9.17) is 5.11 Å². The Kier molecular flexibility index (Phi) is 3.19. The van der Waals surface area contributed by atoms with E-state index >= 15 is 0 Å². The van der Waals surface area contributed by atoms with E-state index in [9.17, 15) is 4.79 Å². The molecule has 0 bridgehead atoms. The third-order valence-corrected chi connectivity index (χ3v) is 3.00. The molecule has 4 nitrogen and oxygen atoms in total. The number of nitrogens with one attached hydrogen (secondary N) is 1. The van der Waals surface area contributed by atoms with Crippen molar-refractivity contribution in [1.82, 2.24) is 10.3 Å². The highest BCUT2D eigenvalue weighted by Crippen LogP contribution is 2.33. The van der Waals surface area contributed by atoms with Gasteiger partial charge in [-0.1, -0.05) is 0 Å². The van der Waals surface area contributed by atoms with Gasteiger partial charge in [0.2, 0.25) is 0 Å². The lowest BCUT2D eigenvalue weighted by Crippen LogP contribution is -2.40. The molecule has 0 spiro atoms. The lowest BCUT2D eigenvalue weighted by molar-refractivity contribution is -0.140. The Morgan fingerprint density at radius 2 is 2.12 bits per heavy atom. The summed E-state index contributed by atoms with van der Waals surface area (Å²) in [7, 11) is 0. The van der Waals surface area contributed by atoms with E-state index in [0.717, 1.165) is 18.4 Å². The number of aromatic nitrogens is 1. The number of aliphatic carboxylic acids is 1. The van der Waals surface area contributed by atoms with Crippen LogP contribution in [0.15, 0.2) is 24.5 Å². The molecule has 16 heavy (non-hydrogen) atoms. The summed E-state index contributed by atoms with van der Waals surface area (Å²) >= 11 is 0. The number of hydrogen-bond donors (Lipinski definition) is 2. The van der Waals surface area contributed by atoms with Crippen molar-refractivity contribution in [3.8, 4) is 0 Å². The first kappa shape index (κ1) is 11.1. The molecule has 86 valence electrons. The predicted octanol–water partition coefficient (Wildman–Crippen LogP) is 1.60. The molecule has 1 heterocycles. The van der Waals surface area contributed by atoms with Crippen LogP contribution in [0.5, 0.6) is 0 Å². The highest BCUT2D eigenvalue weighted by molar-refractivity contribution is 5.74. The van der Waals surface area contributed by atoms with Crippen LogP contribution in [0, 0.1) is 5.92 Å². The molecule has 1 aromatic heterocycles. The second-order valence-electron chi connectivity index (χ2n) is 4.32. The van der Waals surface area contributed by atoms with Gasteiger partial charge >= 0.3 is 5.97 Å². The second-order valence-corrected chi connectivity index (χ2v) is 4.32. The molecule has 0 aliphatic heterocycles. The fourth-order valence-electron chi connectivity index (χ4n) is 1.86. The van der Waals surface area contributed by atoms with Gasteiger partial charge in [-0.15, -0.1) is 0 Å². The lowest BCUT2D eigenvalue weighted by Gasteiger charge is -2.20. The molecular weight excluding hydrogens is 204 g/mol. The van der Waals surface area contributed by atoms with Crippen molar-refractivity contribution in [1.29, 1.82) is 0 Å². The van der Waals surface area contributed by atoms with Crippen LogP contribution in [-0.4, -0.2) is 22.1 Å². The summed E-state index contributed by atoms with van der Waals surface area (Å²) in [5, 5.41) is 12.3. The van der Waals surface area contributed by atoms with Crippen molar-refractivity contribution in [2.45, 2.75) is 31.8 Å². The first-order chi connectivity index (χ1) is 7.68. The number of nitrogens with zero attached hydrogens (tertiary/aromatic N) is 1. The molecule has 1 aromatic rings. The first-order valence-corrected chi connectivity index (χ1v) is 5.57. The van der Waals surface area contributed by atoms with Crippen molar-refractivity contribution in [3.05, 3.63) is 30.1 Å². The van der Waals surface area contributed by atoms with Crippen LogP contribution in [0.3, 0.4) is 0 Å². The van der Waals surface area contributed by atoms with Gasteiger partial charge in [0, 0.05) is 18.4 Å². The molecule has 1 aliphatic carbocycles. The molecule has 1 saturated carbocycles. The molecule has 2 N–H and O–H groups in total. The number of carbonyl (C=O) groups is 1. The van der Waals surface area contributed by atoms with Gasteiger partial charge in [0.25, 0.3) is 0 Å². The maximum absolute atomic E-state index is 11.1. The van der Waals surface area contributed by atoms with Crippen molar-refractivity contribution < 1.29 is 9.90 Å². The molecule has 4 heteroatoms. The topological polar surface area (TPSA) is 62.2 Å². The Bertz CT molecular complexity index is 363. The molecule has 1 fully saturated rings. The lowest BCUT2D eigenvalue weighted by atomic mass is 10.1. The number of carboxylic acids is 1. The maximum atomic E-state index is 11.1. The largest absolute Gasteiger partial charge is 0.480 e. The minimum atomic E-state index is -0.747. The summed E-state index contributed by atoms with van der Waals surface area (Å²) in [6.07, 6.45) is 5.49. The highest BCUT2D eigenvalue weighted by Gasteiger charge is 2.36. The summed E-state index contributed by atoms with van der Waals surface area (Å²) < 4.78 is 0. The Morgan fingerprint density at radius 1 is 1.50 bits per heavy atom. The van der Waals surface area contributed by atoms with E-state index in [2.05, 4.69) is 10.3 Å². The SMILES string of the molecule is C[C@H](NC(C(=O)O)C1CC1)c1ccncc1. The van der Waals surface area contributed by atoms with Crippen LogP contribution in [0.2, 0.25) is 0 Å². The summed E-state index contributed by atoms with van der Waals surface area (Å²) in [5.74, 6) is -0.440. The normalized spacial score (nSPS) is 19.1.